The van der Waals surface area contributed by atoms with Crippen LogP contribution in [0.2, 0.25) is 0 Å². The van der Waals surface area contributed by atoms with Gasteiger partial charge in [0.05, 0.1) is 26.2 Å². The van der Waals surface area contributed by atoms with Crippen LogP contribution in [0.25, 0.3) is 0 Å². The normalized spacial score (nSPS) is 12.0. The lowest BCUT2D eigenvalue weighted by atomic mass is 10.1. The number of hydrogen-bond donors (Lipinski definition) is 1. The Kier molecular flexibility index (Phi) is 5.36. The summed E-state index contributed by atoms with van der Waals surface area (Å²) >= 11 is 1.56. The van der Waals surface area contributed by atoms with Crippen molar-refractivity contribution in [2.75, 3.05) is 20.8 Å². The van der Waals surface area contributed by atoms with Crippen molar-refractivity contribution in [2.45, 2.75) is 12.5 Å². The fourth-order valence-corrected chi connectivity index (χ4v) is 2.83. The van der Waals surface area contributed by atoms with Crippen LogP contribution in [0.5, 0.6) is 5.75 Å². The first-order valence-electron chi connectivity index (χ1n) is 6.68. The third kappa shape index (κ3) is 3.83. The van der Waals surface area contributed by atoms with Gasteiger partial charge in [-0.3, -0.25) is 4.79 Å². The Morgan fingerprint density at radius 3 is 2.57 bits per heavy atom. The Labute approximate surface area is 128 Å². The first-order valence-corrected chi connectivity index (χ1v) is 7.56. The second-order valence-corrected chi connectivity index (χ2v) is 5.76. The molecule has 0 bridgehead atoms. The van der Waals surface area contributed by atoms with E-state index in [0.717, 1.165) is 16.2 Å². The lowest BCUT2D eigenvalue weighted by Crippen LogP contribution is -2.34. The standard InChI is InChI=1S/C16H19NO3S/c1-17(16(19)10-14-4-3-9-21-14)15(11-18)12-5-7-13(20-2)8-6-12/h3-9,15,18H,10-11H2,1-2H3. The highest BCUT2D eigenvalue weighted by Gasteiger charge is 2.21. The van der Waals surface area contributed by atoms with Gasteiger partial charge in [0.1, 0.15) is 5.75 Å². The number of benzene rings is 1. The predicted octanol–water partition coefficient (Wildman–Crippen LogP) is 2.49. The smallest absolute Gasteiger partial charge is 0.228 e. The molecule has 1 atom stereocenters. The zero-order valence-electron chi connectivity index (χ0n) is 12.2. The Morgan fingerprint density at radius 1 is 1.33 bits per heavy atom. The third-order valence-electron chi connectivity index (χ3n) is 3.44. The van der Waals surface area contributed by atoms with E-state index in [0.29, 0.717) is 6.42 Å². The number of thiophene rings is 1. The van der Waals surface area contributed by atoms with Crippen LogP contribution in [-0.2, 0) is 11.2 Å². The van der Waals surface area contributed by atoms with Crippen LogP contribution in [0, 0.1) is 0 Å². The van der Waals surface area contributed by atoms with E-state index in [2.05, 4.69) is 0 Å². The number of methoxy groups -OCH3 is 1. The number of aliphatic hydroxyl groups is 1. The van der Waals surface area contributed by atoms with E-state index in [1.165, 1.54) is 0 Å². The van der Waals surface area contributed by atoms with E-state index in [1.54, 1.807) is 30.4 Å². The number of likely N-dealkylation sites (N-methyl/N-ethyl adjacent to an activating group) is 1. The summed E-state index contributed by atoms with van der Waals surface area (Å²) in [6.07, 6.45) is 0.362. The minimum absolute atomic E-state index is 0.00711. The number of ether oxygens (including phenoxy) is 1. The van der Waals surface area contributed by atoms with Crippen LogP contribution in [0.3, 0.4) is 0 Å². The second kappa shape index (κ2) is 7.24. The molecule has 1 amide bonds. The fourth-order valence-electron chi connectivity index (χ4n) is 2.14. The van der Waals surface area contributed by atoms with Crippen molar-refractivity contribution < 1.29 is 14.6 Å². The summed E-state index contributed by atoms with van der Waals surface area (Å²) in [5.41, 5.74) is 0.889. The Balaban J connectivity index is 2.09. The van der Waals surface area contributed by atoms with Crippen molar-refractivity contribution in [3.05, 3.63) is 52.2 Å². The summed E-state index contributed by atoms with van der Waals surface area (Å²) < 4.78 is 5.12. The molecule has 1 N–H and O–H groups in total. The van der Waals surface area contributed by atoms with Crippen LogP contribution in [-0.4, -0.2) is 36.7 Å². The van der Waals surface area contributed by atoms with Gasteiger partial charge in [-0.05, 0) is 29.1 Å². The predicted molar refractivity (Wildman–Crippen MR) is 83.6 cm³/mol. The van der Waals surface area contributed by atoms with Gasteiger partial charge in [0.2, 0.25) is 5.91 Å². The summed E-state index contributed by atoms with van der Waals surface area (Å²) in [6.45, 7) is -0.112. The summed E-state index contributed by atoms with van der Waals surface area (Å²) in [4.78, 5) is 14.9. The largest absolute Gasteiger partial charge is 0.497 e. The van der Waals surface area contributed by atoms with Gasteiger partial charge in [-0.25, -0.2) is 0 Å². The summed E-state index contributed by atoms with van der Waals surface area (Å²) in [7, 11) is 3.33. The van der Waals surface area contributed by atoms with Crippen LogP contribution >= 0.6 is 11.3 Å². The first kappa shape index (κ1) is 15.5. The van der Waals surface area contributed by atoms with Gasteiger partial charge in [0, 0.05) is 11.9 Å². The minimum atomic E-state index is -0.344. The number of aliphatic hydroxyl groups excluding tert-OH is 1. The molecule has 0 aliphatic heterocycles. The zero-order chi connectivity index (χ0) is 15.2. The van der Waals surface area contributed by atoms with Crippen LogP contribution < -0.4 is 4.74 Å². The van der Waals surface area contributed by atoms with E-state index in [-0.39, 0.29) is 18.6 Å². The molecule has 0 aliphatic rings. The van der Waals surface area contributed by atoms with E-state index < -0.39 is 0 Å². The maximum atomic E-state index is 12.3. The molecule has 4 nitrogen and oxygen atoms in total. The molecule has 0 spiro atoms. The summed E-state index contributed by atoms with van der Waals surface area (Å²) in [5.74, 6) is 0.746. The Hall–Kier alpha value is -1.85. The topological polar surface area (TPSA) is 49.8 Å². The minimum Gasteiger partial charge on any atom is -0.497 e. The molecule has 0 radical (unpaired) electrons. The Bertz CT molecular complexity index is 566. The van der Waals surface area contributed by atoms with Gasteiger partial charge in [-0.2, -0.15) is 0 Å². The second-order valence-electron chi connectivity index (χ2n) is 4.73. The van der Waals surface area contributed by atoms with Crippen molar-refractivity contribution in [3.8, 4) is 5.75 Å². The highest BCUT2D eigenvalue weighted by Crippen LogP contribution is 2.23. The van der Waals surface area contributed by atoms with Gasteiger partial charge < -0.3 is 14.7 Å². The molecule has 0 aliphatic carbocycles. The molecule has 2 aromatic rings. The lowest BCUT2D eigenvalue weighted by molar-refractivity contribution is -0.132. The van der Waals surface area contributed by atoms with E-state index in [9.17, 15) is 9.90 Å². The van der Waals surface area contributed by atoms with Gasteiger partial charge in [0.15, 0.2) is 0 Å². The number of carbonyl (C=O) groups excluding carboxylic acids is 1. The molecule has 21 heavy (non-hydrogen) atoms. The number of amides is 1. The van der Waals surface area contributed by atoms with Crippen molar-refractivity contribution >= 4 is 17.2 Å². The maximum Gasteiger partial charge on any atom is 0.228 e. The van der Waals surface area contributed by atoms with Crippen molar-refractivity contribution in [1.82, 2.24) is 4.90 Å². The molecular weight excluding hydrogens is 286 g/mol. The van der Waals surface area contributed by atoms with Gasteiger partial charge in [-0.1, -0.05) is 18.2 Å². The SMILES string of the molecule is COc1ccc(C(CO)N(C)C(=O)Cc2cccs2)cc1. The average molecular weight is 305 g/mol. The van der Waals surface area contributed by atoms with Crippen LogP contribution in [0.15, 0.2) is 41.8 Å². The van der Waals surface area contributed by atoms with Gasteiger partial charge in [0.25, 0.3) is 0 Å². The molecule has 0 fully saturated rings. The number of rotatable bonds is 6. The summed E-state index contributed by atoms with van der Waals surface area (Å²) in [6, 6.07) is 10.9. The van der Waals surface area contributed by atoms with Crippen LogP contribution in [0.1, 0.15) is 16.5 Å². The van der Waals surface area contributed by atoms with E-state index in [1.807, 2.05) is 41.8 Å². The third-order valence-corrected chi connectivity index (χ3v) is 4.32. The number of nitrogens with zero attached hydrogens (tertiary/aromatic N) is 1. The molecular formula is C16H19NO3S. The average Bonchev–Trinajstić information content (AvgIpc) is 3.01. The fraction of sp³-hybridized carbons (Fsp3) is 0.312. The molecule has 1 aromatic heterocycles. The number of hydrogen-bond acceptors (Lipinski definition) is 4. The van der Waals surface area contributed by atoms with Crippen molar-refractivity contribution in [1.29, 1.82) is 0 Å². The zero-order valence-corrected chi connectivity index (χ0v) is 13.0. The quantitative estimate of drug-likeness (QED) is 0.892. The molecule has 1 heterocycles. The van der Waals surface area contributed by atoms with Crippen molar-refractivity contribution in [2.24, 2.45) is 0 Å². The highest BCUT2D eigenvalue weighted by atomic mass is 32.1. The molecule has 112 valence electrons. The Morgan fingerprint density at radius 2 is 2.05 bits per heavy atom. The molecule has 1 unspecified atom stereocenters. The molecule has 0 saturated carbocycles. The molecule has 1 aromatic carbocycles. The lowest BCUT2D eigenvalue weighted by Gasteiger charge is -2.27. The van der Waals surface area contributed by atoms with Crippen molar-refractivity contribution in [3.63, 3.8) is 0 Å². The maximum absolute atomic E-state index is 12.3. The van der Waals surface area contributed by atoms with E-state index >= 15 is 0 Å². The molecule has 2 rings (SSSR count). The molecule has 5 heteroatoms. The number of carbonyl (C=O) groups is 1. The summed E-state index contributed by atoms with van der Waals surface area (Å²) in [5, 5.41) is 11.6. The highest BCUT2D eigenvalue weighted by molar-refractivity contribution is 7.10. The van der Waals surface area contributed by atoms with E-state index in [4.69, 9.17) is 4.74 Å². The van der Waals surface area contributed by atoms with Gasteiger partial charge >= 0.3 is 0 Å². The van der Waals surface area contributed by atoms with Crippen LogP contribution in [0.4, 0.5) is 0 Å². The van der Waals surface area contributed by atoms with Gasteiger partial charge in [-0.15, -0.1) is 11.3 Å². The molecule has 0 saturated heterocycles. The monoisotopic (exact) mass is 305 g/mol. The first-order chi connectivity index (χ1) is 10.2.